The summed E-state index contributed by atoms with van der Waals surface area (Å²) in [4.78, 5) is 16.7. The molecular weight excluding hydrogens is 439 g/mol. The minimum atomic E-state index is -0.641. The summed E-state index contributed by atoms with van der Waals surface area (Å²) in [5.41, 5.74) is 2.01. The van der Waals surface area contributed by atoms with Gasteiger partial charge in [-0.1, -0.05) is 26.0 Å². The first-order valence-corrected chi connectivity index (χ1v) is 10.5. The number of carbonyl (C=O) groups excluding carboxylic acids is 1. The first-order chi connectivity index (χ1) is 16.1. The van der Waals surface area contributed by atoms with E-state index in [0.717, 1.165) is 5.69 Å². The quantitative estimate of drug-likeness (QED) is 0.450. The number of aryl methyl sites for hydroxylation is 2. The normalized spacial score (nSPS) is 11.4. The molecule has 2 N–H and O–H groups in total. The molecule has 10 nitrogen and oxygen atoms in total. The number of nitrogens with zero attached hydrogens (tertiary/aromatic N) is 6. The Morgan fingerprint density at radius 2 is 1.79 bits per heavy atom. The van der Waals surface area contributed by atoms with Gasteiger partial charge in [0, 0.05) is 43.9 Å². The lowest BCUT2D eigenvalue weighted by Crippen LogP contribution is -2.21. The number of amides is 2. The van der Waals surface area contributed by atoms with Gasteiger partial charge in [0.05, 0.1) is 23.3 Å². The lowest BCUT2D eigenvalue weighted by Gasteiger charge is -2.13. The fourth-order valence-corrected chi connectivity index (χ4v) is 3.15. The SMILES string of the molecule is Cn1nc(C(C)(C)C)cc1NC(=O)Nc1ccc(Oc2ccnc(-c3cnnn3C)c2)cc1F. The number of pyridine rings is 1. The predicted octanol–water partition coefficient (Wildman–Crippen LogP) is 4.48. The van der Waals surface area contributed by atoms with Crippen LogP contribution in [0.15, 0.2) is 48.8 Å². The molecule has 0 unspecified atom stereocenters. The second kappa shape index (κ2) is 8.93. The van der Waals surface area contributed by atoms with Gasteiger partial charge in [-0.05, 0) is 18.2 Å². The van der Waals surface area contributed by atoms with E-state index in [1.54, 1.807) is 60.1 Å². The van der Waals surface area contributed by atoms with Crippen molar-refractivity contribution in [3.8, 4) is 22.9 Å². The maximum atomic E-state index is 14.7. The van der Waals surface area contributed by atoms with Crippen LogP contribution in [0.5, 0.6) is 11.5 Å². The number of ether oxygens (including phenoxy) is 1. The van der Waals surface area contributed by atoms with Crippen LogP contribution in [0.1, 0.15) is 26.5 Å². The van der Waals surface area contributed by atoms with Gasteiger partial charge in [0.15, 0.2) is 0 Å². The minimum absolute atomic E-state index is 0.0134. The Labute approximate surface area is 195 Å². The molecule has 0 atom stereocenters. The number of aromatic nitrogens is 6. The number of nitrogens with one attached hydrogen (secondary N) is 2. The average Bonchev–Trinajstić information content (AvgIpc) is 3.36. The highest BCUT2D eigenvalue weighted by Gasteiger charge is 2.20. The Bertz CT molecular complexity index is 1340. The fourth-order valence-electron chi connectivity index (χ4n) is 3.15. The maximum absolute atomic E-state index is 14.7. The minimum Gasteiger partial charge on any atom is -0.457 e. The molecular formula is C23H25FN8O2. The predicted molar refractivity (Wildman–Crippen MR) is 125 cm³/mol. The molecule has 4 rings (SSSR count). The Morgan fingerprint density at radius 3 is 2.44 bits per heavy atom. The van der Waals surface area contributed by atoms with Crippen LogP contribution in [0.25, 0.3) is 11.4 Å². The first-order valence-electron chi connectivity index (χ1n) is 10.5. The molecule has 0 radical (unpaired) electrons. The van der Waals surface area contributed by atoms with Gasteiger partial charge in [-0.25, -0.2) is 13.9 Å². The van der Waals surface area contributed by atoms with Crippen LogP contribution in [0.3, 0.4) is 0 Å². The van der Waals surface area contributed by atoms with E-state index >= 15 is 0 Å². The van der Waals surface area contributed by atoms with Crippen molar-refractivity contribution in [1.82, 2.24) is 29.8 Å². The molecule has 0 aliphatic carbocycles. The zero-order valence-corrected chi connectivity index (χ0v) is 19.5. The van der Waals surface area contributed by atoms with Gasteiger partial charge < -0.3 is 10.1 Å². The zero-order valence-electron chi connectivity index (χ0n) is 19.5. The number of hydrogen-bond donors (Lipinski definition) is 2. The van der Waals surface area contributed by atoms with Crippen molar-refractivity contribution in [2.24, 2.45) is 14.1 Å². The van der Waals surface area contributed by atoms with Crippen LogP contribution in [0, 0.1) is 5.82 Å². The molecule has 176 valence electrons. The second-order valence-corrected chi connectivity index (χ2v) is 8.73. The lowest BCUT2D eigenvalue weighted by atomic mass is 9.92. The smallest absolute Gasteiger partial charge is 0.324 e. The van der Waals surface area contributed by atoms with E-state index in [9.17, 15) is 9.18 Å². The lowest BCUT2D eigenvalue weighted by molar-refractivity contribution is 0.262. The van der Waals surface area contributed by atoms with Gasteiger partial charge in [0.25, 0.3) is 0 Å². The topological polar surface area (TPSA) is 112 Å². The highest BCUT2D eigenvalue weighted by atomic mass is 19.1. The summed E-state index contributed by atoms with van der Waals surface area (Å²) in [5.74, 6) is 0.596. The van der Waals surface area contributed by atoms with Crippen molar-refractivity contribution in [1.29, 1.82) is 0 Å². The van der Waals surface area contributed by atoms with E-state index in [0.29, 0.717) is 23.0 Å². The highest BCUT2D eigenvalue weighted by Crippen LogP contribution is 2.28. The van der Waals surface area contributed by atoms with Crippen LogP contribution < -0.4 is 15.4 Å². The van der Waals surface area contributed by atoms with Gasteiger partial charge in [-0.15, -0.1) is 5.10 Å². The van der Waals surface area contributed by atoms with Crippen LogP contribution >= 0.6 is 0 Å². The van der Waals surface area contributed by atoms with Gasteiger partial charge >= 0.3 is 6.03 Å². The molecule has 4 aromatic rings. The third kappa shape index (κ3) is 5.03. The van der Waals surface area contributed by atoms with Gasteiger partial charge in [-0.2, -0.15) is 5.10 Å². The fraction of sp³-hybridized carbons (Fsp3) is 0.261. The molecule has 1 aromatic carbocycles. The van der Waals surface area contributed by atoms with Crippen LogP contribution in [-0.2, 0) is 19.5 Å². The van der Waals surface area contributed by atoms with Crippen molar-refractivity contribution in [3.63, 3.8) is 0 Å². The summed E-state index contributed by atoms with van der Waals surface area (Å²) in [7, 11) is 3.49. The van der Waals surface area contributed by atoms with E-state index in [4.69, 9.17) is 4.74 Å². The molecule has 3 heterocycles. The van der Waals surface area contributed by atoms with E-state index < -0.39 is 11.8 Å². The Kier molecular flexibility index (Phi) is 6.01. The highest BCUT2D eigenvalue weighted by molar-refractivity contribution is 5.99. The number of halogens is 1. The monoisotopic (exact) mass is 464 g/mol. The van der Waals surface area contributed by atoms with Crippen molar-refractivity contribution in [3.05, 3.63) is 60.3 Å². The van der Waals surface area contributed by atoms with E-state index in [1.807, 2.05) is 20.8 Å². The average molecular weight is 465 g/mol. The van der Waals surface area contributed by atoms with E-state index in [1.165, 1.54) is 12.1 Å². The Hall–Kier alpha value is -4.28. The van der Waals surface area contributed by atoms with Crippen LogP contribution in [0.4, 0.5) is 20.7 Å². The third-order valence-corrected chi connectivity index (χ3v) is 5.02. The van der Waals surface area contributed by atoms with Gasteiger partial charge in [0.2, 0.25) is 0 Å². The number of hydrogen-bond acceptors (Lipinski definition) is 6. The molecule has 0 fully saturated rings. The zero-order chi connectivity index (χ0) is 24.5. The van der Waals surface area contributed by atoms with Crippen LogP contribution in [-0.4, -0.2) is 35.8 Å². The molecule has 2 amide bonds. The Morgan fingerprint density at radius 1 is 1.03 bits per heavy atom. The first kappa shape index (κ1) is 22.9. The molecule has 0 saturated carbocycles. The summed E-state index contributed by atoms with van der Waals surface area (Å²) >= 11 is 0. The molecule has 0 aliphatic rings. The van der Waals surface area contributed by atoms with Crippen molar-refractivity contribution in [2.45, 2.75) is 26.2 Å². The Balaban J connectivity index is 1.43. The largest absolute Gasteiger partial charge is 0.457 e. The van der Waals surface area contributed by atoms with E-state index in [2.05, 4.69) is 31.0 Å². The third-order valence-electron chi connectivity index (χ3n) is 5.02. The summed E-state index contributed by atoms with van der Waals surface area (Å²) in [6, 6.07) is 8.76. The van der Waals surface area contributed by atoms with Gasteiger partial charge in [-0.3, -0.25) is 15.0 Å². The van der Waals surface area contributed by atoms with Crippen molar-refractivity contribution < 1.29 is 13.9 Å². The maximum Gasteiger partial charge on any atom is 0.324 e. The van der Waals surface area contributed by atoms with Gasteiger partial charge in [0.1, 0.15) is 28.8 Å². The molecule has 0 aliphatic heterocycles. The molecule has 34 heavy (non-hydrogen) atoms. The molecule has 3 aromatic heterocycles. The molecule has 0 spiro atoms. The number of carbonyl (C=O) groups is 1. The summed E-state index contributed by atoms with van der Waals surface area (Å²) in [6.45, 7) is 6.09. The second-order valence-electron chi connectivity index (χ2n) is 8.73. The molecule has 0 bridgehead atoms. The number of rotatable bonds is 5. The van der Waals surface area contributed by atoms with Crippen molar-refractivity contribution >= 4 is 17.5 Å². The van der Waals surface area contributed by atoms with Crippen molar-refractivity contribution in [2.75, 3.05) is 10.6 Å². The number of anilines is 2. The molecule has 0 saturated heterocycles. The summed E-state index contributed by atoms with van der Waals surface area (Å²) < 4.78 is 23.6. The number of urea groups is 1. The molecule has 11 heteroatoms. The summed E-state index contributed by atoms with van der Waals surface area (Å²) in [6.07, 6.45) is 3.17. The van der Waals surface area contributed by atoms with E-state index in [-0.39, 0.29) is 16.9 Å². The number of benzene rings is 1. The summed E-state index contributed by atoms with van der Waals surface area (Å²) in [5, 5.41) is 17.3. The standard InChI is InChI=1S/C23H25FN8O2/c1-23(2,3)20-12-21(32(5)29-20)28-22(33)27-17-7-6-14(10-16(17)24)34-15-8-9-25-18(11-15)19-13-26-30-31(19)4/h6-13H,1-5H3,(H2,27,28,33). The van der Waals surface area contributed by atoms with Crippen LogP contribution in [0.2, 0.25) is 0 Å².